The molecule has 0 unspecified atom stereocenters. The van der Waals surface area contributed by atoms with E-state index in [4.69, 9.17) is 0 Å². The molecule has 1 aliphatic heterocycles. The third-order valence-electron chi connectivity index (χ3n) is 1.36. The zero-order valence-corrected chi connectivity index (χ0v) is 6.13. The minimum Gasteiger partial charge on any atom is -0.424 e. The number of ketones is 2. The molecule has 1 heterocycles. The molecule has 1 rings (SSSR count). The quantitative estimate of drug-likeness (QED) is 0.302. The van der Waals surface area contributed by atoms with Gasteiger partial charge < -0.3 is 4.74 Å². The first-order valence-electron chi connectivity index (χ1n) is 3.02. The first-order valence-corrected chi connectivity index (χ1v) is 3.02. The average Bonchev–Trinajstić information content (AvgIpc) is 2.07. The number of carbonyl (C=O) groups is 3. The molecule has 0 aliphatic carbocycles. The first kappa shape index (κ1) is 7.65. The Morgan fingerprint density at radius 1 is 1.36 bits per heavy atom. The number of ether oxygens (including phenoxy) is 1. The van der Waals surface area contributed by atoms with Crippen LogP contribution in [0.3, 0.4) is 0 Å². The highest BCUT2D eigenvalue weighted by Gasteiger charge is 2.33. The Morgan fingerprint density at radius 3 is 2.09 bits per heavy atom. The van der Waals surface area contributed by atoms with Gasteiger partial charge in [0.2, 0.25) is 0 Å². The van der Waals surface area contributed by atoms with Gasteiger partial charge in [0.25, 0.3) is 5.78 Å². The van der Waals surface area contributed by atoms with Gasteiger partial charge in [-0.2, -0.15) is 0 Å². The van der Waals surface area contributed by atoms with E-state index in [1.807, 2.05) is 0 Å². The fraction of sp³-hybridized carbons (Fsp3) is 0.286. The van der Waals surface area contributed by atoms with Crippen molar-refractivity contribution in [1.29, 1.82) is 0 Å². The minimum absolute atomic E-state index is 0.104. The van der Waals surface area contributed by atoms with E-state index in [1.54, 1.807) is 0 Å². The zero-order chi connectivity index (χ0) is 8.59. The molecular formula is C7H6O4. The van der Waals surface area contributed by atoms with Gasteiger partial charge in [0.05, 0.1) is 0 Å². The fourth-order valence-electron chi connectivity index (χ4n) is 0.906. The normalized spacial score (nSPS) is 17.3. The third-order valence-corrected chi connectivity index (χ3v) is 1.36. The zero-order valence-electron chi connectivity index (χ0n) is 6.13. The molecule has 0 amide bonds. The predicted molar refractivity (Wildman–Crippen MR) is 34.5 cm³/mol. The number of hydrogen-bond acceptors (Lipinski definition) is 4. The highest BCUT2D eigenvalue weighted by Crippen LogP contribution is 2.16. The van der Waals surface area contributed by atoms with Crippen LogP contribution in [0.25, 0.3) is 0 Å². The molecule has 0 fully saturated rings. The van der Waals surface area contributed by atoms with Crippen LogP contribution in [0.2, 0.25) is 0 Å². The van der Waals surface area contributed by atoms with Crippen molar-refractivity contribution in [2.24, 2.45) is 0 Å². The molecule has 0 bridgehead atoms. The standard InChI is InChI=1S/C7H6O4/c1-3(8)5-4(2)11-7(10)6(5)9/h1-2H3. The molecule has 0 aromatic heterocycles. The molecule has 0 radical (unpaired) electrons. The van der Waals surface area contributed by atoms with Gasteiger partial charge in [-0.25, -0.2) is 4.79 Å². The Labute approximate surface area is 62.8 Å². The predicted octanol–water partition coefficient (Wildman–Crippen LogP) is -0.0247. The van der Waals surface area contributed by atoms with Crippen LogP contribution in [0.1, 0.15) is 13.8 Å². The van der Waals surface area contributed by atoms with Gasteiger partial charge in [-0.15, -0.1) is 0 Å². The van der Waals surface area contributed by atoms with E-state index in [0.717, 1.165) is 0 Å². The number of hydrogen-bond donors (Lipinski definition) is 0. The van der Waals surface area contributed by atoms with Crippen molar-refractivity contribution in [3.8, 4) is 0 Å². The number of allylic oxidation sites excluding steroid dienone is 1. The molecular weight excluding hydrogens is 148 g/mol. The molecule has 4 nitrogen and oxygen atoms in total. The van der Waals surface area contributed by atoms with Crippen molar-refractivity contribution < 1.29 is 19.1 Å². The lowest BCUT2D eigenvalue weighted by molar-refractivity contribution is -0.146. The van der Waals surface area contributed by atoms with Gasteiger partial charge in [0.1, 0.15) is 11.3 Å². The Bertz CT molecular complexity index is 285. The van der Waals surface area contributed by atoms with Crippen LogP contribution >= 0.6 is 0 Å². The number of rotatable bonds is 1. The Kier molecular flexibility index (Phi) is 1.60. The minimum atomic E-state index is -0.965. The summed E-state index contributed by atoms with van der Waals surface area (Å²) in [6.45, 7) is 2.64. The highest BCUT2D eigenvalue weighted by molar-refractivity contribution is 6.49. The highest BCUT2D eigenvalue weighted by atomic mass is 16.5. The van der Waals surface area contributed by atoms with E-state index in [-0.39, 0.29) is 11.3 Å². The number of esters is 1. The molecule has 11 heavy (non-hydrogen) atoms. The number of Topliss-reactive ketones (excluding diaryl/α,β-unsaturated/α-hetero) is 2. The van der Waals surface area contributed by atoms with Crippen LogP contribution in [0, 0.1) is 0 Å². The summed E-state index contributed by atoms with van der Waals surface area (Å²) in [5.41, 5.74) is -0.130. The summed E-state index contributed by atoms with van der Waals surface area (Å²) in [5.74, 6) is -2.13. The van der Waals surface area contributed by atoms with Gasteiger partial charge in [-0.3, -0.25) is 9.59 Å². The molecule has 58 valence electrons. The smallest absolute Gasteiger partial charge is 0.385 e. The van der Waals surface area contributed by atoms with Crippen molar-refractivity contribution in [1.82, 2.24) is 0 Å². The van der Waals surface area contributed by atoms with Gasteiger partial charge >= 0.3 is 5.97 Å². The maximum atomic E-state index is 10.8. The number of carbonyl (C=O) groups excluding carboxylic acids is 3. The largest absolute Gasteiger partial charge is 0.424 e. The third kappa shape index (κ3) is 1.07. The van der Waals surface area contributed by atoms with E-state index in [2.05, 4.69) is 4.74 Å². The van der Waals surface area contributed by atoms with E-state index in [0.29, 0.717) is 0 Å². The lowest BCUT2D eigenvalue weighted by atomic mass is 10.1. The van der Waals surface area contributed by atoms with Crippen LogP contribution < -0.4 is 0 Å². The van der Waals surface area contributed by atoms with Crippen molar-refractivity contribution in [2.45, 2.75) is 13.8 Å². The Morgan fingerprint density at radius 2 is 1.91 bits per heavy atom. The maximum absolute atomic E-state index is 10.8. The average molecular weight is 154 g/mol. The fourth-order valence-corrected chi connectivity index (χ4v) is 0.906. The van der Waals surface area contributed by atoms with Gasteiger partial charge in [-0.1, -0.05) is 0 Å². The molecule has 0 aromatic rings. The summed E-state index contributed by atoms with van der Waals surface area (Å²) < 4.78 is 4.42. The summed E-state index contributed by atoms with van der Waals surface area (Å²) in [7, 11) is 0. The molecule has 0 aromatic carbocycles. The van der Waals surface area contributed by atoms with Gasteiger partial charge in [-0.05, 0) is 13.8 Å². The van der Waals surface area contributed by atoms with Crippen LogP contribution in [-0.2, 0) is 19.1 Å². The topological polar surface area (TPSA) is 60.4 Å². The van der Waals surface area contributed by atoms with E-state index < -0.39 is 17.5 Å². The first-order chi connectivity index (χ1) is 5.04. The summed E-state index contributed by atoms with van der Waals surface area (Å²) >= 11 is 0. The molecule has 0 saturated heterocycles. The van der Waals surface area contributed by atoms with Crippen LogP contribution in [0.5, 0.6) is 0 Å². The molecule has 0 N–H and O–H groups in total. The second kappa shape index (κ2) is 2.30. The van der Waals surface area contributed by atoms with Crippen LogP contribution in [0.15, 0.2) is 11.3 Å². The van der Waals surface area contributed by atoms with E-state index >= 15 is 0 Å². The van der Waals surface area contributed by atoms with E-state index in [1.165, 1.54) is 13.8 Å². The van der Waals surface area contributed by atoms with Crippen molar-refractivity contribution >= 4 is 17.5 Å². The summed E-state index contributed by atoms with van der Waals surface area (Å²) in [4.78, 5) is 32.0. The Hall–Kier alpha value is -1.45. The lowest BCUT2D eigenvalue weighted by Gasteiger charge is -1.89. The molecule has 1 aliphatic rings. The maximum Gasteiger partial charge on any atom is 0.385 e. The molecule has 0 spiro atoms. The van der Waals surface area contributed by atoms with Crippen LogP contribution in [0.4, 0.5) is 0 Å². The summed E-state index contributed by atoms with van der Waals surface area (Å²) in [5, 5.41) is 0. The number of cyclic esters (lactones) is 1. The van der Waals surface area contributed by atoms with Crippen molar-refractivity contribution in [3.63, 3.8) is 0 Å². The molecule has 0 saturated carbocycles. The molecule has 4 heteroatoms. The Balaban J connectivity index is 3.11. The second-order valence-electron chi connectivity index (χ2n) is 2.21. The SMILES string of the molecule is CC(=O)C1=C(C)OC(=O)C1=O. The summed E-state index contributed by atoms with van der Waals surface area (Å²) in [6, 6.07) is 0. The second-order valence-corrected chi connectivity index (χ2v) is 2.21. The van der Waals surface area contributed by atoms with Crippen molar-refractivity contribution in [2.75, 3.05) is 0 Å². The summed E-state index contributed by atoms with van der Waals surface area (Å²) in [6.07, 6.45) is 0. The van der Waals surface area contributed by atoms with Crippen LogP contribution in [-0.4, -0.2) is 17.5 Å². The lowest BCUT2D eigenvalue weighted by Crippen LogP contribution is -2.13. The van der Waals surface area contributed by atoms with Gasteiger partial charge in [0, 0.05) is 0 Å². The monoisotopic (exact) mass is 154 g/mol. The van der Waals surface area contributed by atoms with Gasteiger partial charge in [0.15, 0.2) is 5.78 Å². The molecule has 0 atom stereocenters. The van der Waals surface area contributed by atoms with E-state index in [9.17, 15) is 14.4 Å². The van der Waals surface area contributed by atoms with Crippen molar-refractivity contribution in [3.05, 3.63) is 11.3 Å².